The van der Waals surface area contributed by atoms with Gasteiger partial charge in [0.15, 0.2) is 6.61 Å². The maximum Gasteiger partial charge on any atom is 0.316 e. The predicted molar refractivity (Wildman–Crippen MR) is 103 cm³/mol. The van der Waals surface area contributed by atoms with E-state index in [0.29, 0.717) is 5.69 Å². The Morgan fingerprint density at radius 1 is 1.36 bits per heavy atom. The van der Waals surface area contributed by atoms with Crippen molar-refractivity contribution in [3.63, 3.8) is 0 Å². The zero-order chi connectivity index (χ0) is 18.1. The summed E-state index contributed by atoms with van der Waals surface area (Å²) in [6.45, 7) is 1.52. The molecule has 2 rings (SSSR count). The third-order valence-electron chi connectivity index (χ3n) is 3.04. The van der Waals surface area contributed by atoms with E-state index >= 15 is 0 Å². The lowest BCUT2D eigenvalue weighted by atomic mass is 10.2. The van der Waals surface area contributed by atoms with Gasteiger partial charge in [0.05, 0.1) is 5.75 Å². The number of rotatable bonds is 8. The van der Waals surface area contributed by atoms with Gasteiger partial charge < -0.3 is 10.1 Å². The number of amides is 1. The highest BCUT2D eigenvalue weighted by Gasteiger charge is 2.10. The van der Waals surface area contributed by atoms with Crippen molar-refractivity contribution in [3.8, 4) is 5.40 Å². The number of nitrogens with zero attached hydrogens (tertiary/aromatic N) is 1. The van der Waals surface area contributed by atoms with E-state index in [9.17, 15) is 9.59 Å². The average Bonchev–Trinajstić information content (AvgIpc) is 3.09. The van der Waals surface area contributed by atoms with Crippen LogP contribution in [0.25, 0.3) is 0 Å². The van der Waals surface area contributed by atoms with Crippen LogP contribution >= 0.6 is 34.9 Å². The van der Waals surface area contributed by atoms with Crippen LogP contribution in [0.2, 0.25) is 0 Å². The van der Waals surface area contributed by atoms with Crippen LogP contribution in [0.3, 0.4) is 0 Å². The summed E-state index contributed by atoms with van der Waals surface area (Å²) in [6.07, 6.45) is 0. The molecule has 0 aliphatic carbocycles. The van der Waals surface area contributed by atoms with Crippen molar-refractivity contribution in [2.45, 2.75) is 17.6 Å². The number of carbonyl (C=O) groups excluding carboxylic acids is 2. The van der Waals surface area contributed by atoms with Gasteiger partial charge in [-0.05, 0) is 53.9 Å². The lowest BCUT2D eigenvalue weighted by Crippen LogP contribution is -2.22. The first-order chi connectivity index (χ1) is 12.1. The van der Waals surface area contributed by atoms with Crippen LogP contribution in [0.1, 0.15) is 10.4 Å². The number of nitriles is 1. The van der Waals surface area contributed by atoms with Gasteiger partial charge in [0, 0.05) is 21.2 Å². The molecular weight excluding hydrogens is 376 g/mol. The molecule has 130 valence electrons. The Kier molecular flexibility index (Phi) is 7.85. The predicted octanol–water partition coefficient (Wildman–Crippen LogP) is 4.04. The Labute approximate surface area is 158 Å². The molecule has 0 radical (unpaired) electrons. The second-order valence-electron chi connectivity index (χ2n) is 4.95. The van der Waals surface area contributed by atoms with Crippen LogP contribution in [0, 0.1) is 17.6 Å². The van der Waals surface area contributed by atoms with E-state index < -0.39 is 5.97 Å². The van der Waals surface area contributed by atoms with Gasteiger partial charge in [0.2, 0.25) is 0 Å². The number of nitrogens with one attached hydrogen (secondary N) is 1. The van der Waals surface area contributed by atoms with Crippen molar-refractivity contribution in [1.29, 1.82) is 5.26 Å². The van der Waals surface area contributed by atoms with Crippen molar-refractivity contribution in [3.05, 3.63) is 46.2 Å². The highest BCUT2D eigenvalue weighted by molar-refractivity contribution is 8.03. The summed E-state index contributed by atoms with van der Waals surface area (Å²) in [5, 5.41) is 15.3. The molecule has 1 aromatic carbocycles. The zero-order valence-electron chi connectivity index (χ0n) is 13.5. The molecule has 0 saturated carbocycles. The van der Waals surface area contributed by atoms with Crippen molar-refractivity contribution in [2.75, 3.05) is 17.7 Å². The molecule has 1 heterocycles. The molecule has 2 aromatic rings. The van der Waals surface area contributed by atoms with Gasteiger partial charge in [0.25, 0.3) is 5.91 Å². The summed E-state index contributed by atoms with van der Waals surface area (Å²) in [4.78, 5) is 25.6. The lowest BCUT2D eigenvalue weighted by Gasteiger charge is -2.09. The number of esters is 1. The molecule has 0 aliphatic rings. The topological polar surface area (TPSA) is 79.2 Å². The molecule has 5 nitrogen and oxygen atoms in total. The molecule has 1 amide bonds. The van der Waals surface area contributed by atoms with Crippen LogP contribution in [0.4, 0.5) is 5.69 Å². The number of benzene rings is 1. The summed E-state index contributed by atoms with van der Waals surface area (Å²) >= 11 is 4.16. The molecule has 1 aromatic heterocycles. The van der Waals surface area contributed by atoms with Gasteiger partial charge >= 0.3 is 5.97 Å². The van der Waals surface area contributed by atoms with Crippen molar-refractivity contribution >= 4 is 52.4 Å². The molecule has 25 heavy (non-hydrogen) atoms. The fourth-order valence-corrected chi connectivity index (χ4v) is 4.03. The van der Waals surface area contributed by atoms with Crippen molar-refractivity contribution in [2.24, 2.45) is 0 Å². The first kappa shape index (κ1) is 19.4. The summed E-state index contributed by atoms with van der Waals surface area (Å²) in [6, 6.07) is 9.28. The van der Waals surface area contributed by atoms with Crippen LogP contribution in [-0.4, -0.2) is 24.2 Å². The fraction of sp³-hybridized carbons (Fsp3) is 0.235. The number of aryl methyl sites for hydroxylation is 1. The van der Waals surface area contributed by atoms with Gasteiger partial charge in [-0.2, -0.15) is 5.26 Å². The Morgan fingerprint density at radius 2 is 2.20 bits per heavy atom. The summed E-state index contributed by atoms with van der Waals surface area (Å²) in [7, 11) is 0. The summed E-state index contributed by atoms with van der Waals surface area (Å²) in [5.41, 5.74) is 1.47. The standard InChI is InChI=1S/C17H16N2O3S3/c1-12-7-13(25-11-18)4-5-15(12)19-16(20)8-22-17(21)10-23-9-14-3-2-6-24-14/h2-7H,8-10H2,1H3,(H,19,20). The average molecular weight is 393 g/mol. The monoisotopic (exact) mass is 392 g/mol. The van der Waals surface area contributed by atoms with Crippen LogP contribution in [0.15, 0.2) is 40.6 Å². The molecule has 0 fully saturated rings. The van der Waals surface area contributed by atoms with Gasteiger partial charge in [-0.15, -0.1) is 23.1 Å². The fourth-order valence-electron chi connectivity index (χ4n) is 1.90. The molecular formula is C17H16N2O3S3. The lowest BCUT2D eigenvalue weighted by molar-refractivity contribution is -0.144. The molecule has 8 heteroatoms. The Balaban J connectivity index is 1.71. The van der Waals surface area contributed by atoms with E-state index in [4.69, 9.17) is 10.00 Å². The molecule has 0 atom stereocenters. The van der Waals surface area contributed by atoms with Crippen LogP contribution in [-0.2, 0) is 20.1 Å². The molecule has 0 spiro atoms. The minimum Gasteiger partial charge on any atom is -0.455 e. The number of thiocyanates is 1. The Hall–Kier alpha value is -1.95. The van der Waals surface area contributed by atoms with Gasteiger partial charge in [-0.25, -0.2) is 0 Å². The first-order valence-corrected chi connectivity index (χ1v) is 10.2. The number of hydrogen-bond acceptors (Lipinski definition) is 7. The molecule has 0 bridgehead atoms. The second-order valence-corrected chi connectivity index (χ2v) is 7.83. The van der Waals surface area contributed by atoms with E-state index in [0.717, 1.165) is 28.0 Å². The van der Waals surface area contributed by atoms with E-state index in [2.05, 4.69) is 5.32 Å². The highest BCUT2D eigenvalue weighted by atomic mass is 32.2. The maximum absolute atomic E-state index is 11.9. The smallest absolute Gasteiger partial charge is 0.316 e. The van der Waals surface area contributed by atoms with Crippen LogP contribution in [0.5, 0.6) is 0 Å². The minimum atomic E-state index is -0.408. The van der Waals surface area contributed by atoms with Crippen molar-refractivity contribution in [1.82, 2.24) is 0 Å². The van der Waals surface area contributed by atoms with E-state index in [-0.39, 0.29) is 18.3 Å². The minimum absolute atomic E-state index is 0.213. The third kappa shape index (κ3) is 6.82. The van der Waals surface area contributed by atoms with Gasteiger partial charge in [0.1, 0.15) is 5.40 Å². The number of ether oxygens (including phenoxy) is 1. The Morgan fingerprint density at radius 3 is 2.88 bits per heavy atom. The van der Waals surface area contributed by atoms with Crippen LogP contribution < -0.4 is 5.32 Å². The third-order valence-corrected chi connectivity index (χ3v) is 5.64. The van der Waals surface area contributed by atoms with E-state index in [1.165, 1.54) is 16.6 Å². The van der Waals surface area contributed by atoms with Gasteiger partial charge in [-0.1, -0.05) is 6.07 Å². The quantitative estimate of drug-likeness (QED) is 0.415. The maximum atomic E-state index is 11.9. The molecule has 1 N–H and O–H groups in total. The highest BCUT2D eigenvalue weighted by Crippen LogP contribution is 2.23. The largest absolute Gasteiger partial charge is 0.455 e. The Bertz CT molecular complexity index is 770. The number of carbonyl (C=O) groups is 2. The van der Waals surface area contributed by atoms with E-state index in [1.54, 1.807) is 23.5 Å². The summed E-state index contributed by atoms with van der Waals surface area (Å²) in [5.74, 6) is 0.171. The van der Waals surface area contributed by atoms with Crippen molar-refractivity contribution < 1.29 is 14.3 Å². The number of hydrogen-bond donors (Lipinski definition) is 1. The second kappa shape index (κ2) is 10.1. The molecule has 0 unspecified atom stereocenters. The summed E-state index contributed by atoms with van der Waals surface area (Å²) < 4.78 is 4.98. The molecule has 0 aliphatic heterocycles. The van der Waals surface area contributed by atoms with Gasteiger partial charge in [-0.3, -0.25) is 9.59 Å². The number of anilines is 1. The zero-order valence-corrected chi connectivity index (χ0v) is 15.9. The SMILES string of the molecule is Cc1cc(SC#N)ccc1NC(=O)COC(=O)CSCc1cccs1. The normalized spacial score (nSPS) is 10.1. The molecule has 0 saturated heterocycles. The number of thiophene rings is 1. The van der Waals surface area contributed by atoms with E-state index in [1.807, 2.05) is 35.9 Å². The first-order valence-electron chi connectivity index (χ1n) is 7.30. The number of thioether (sulfide) groups is 2.